The second kappa shape index (κ2) is 10.2. The summed E-state index contributed by atoms with van der Waals surface area (Å²) in [5, 5.41) is 0.661. The van der Waals surface area contributed by atoms with Crippen LogP contribution in [0.1, 0.15) is 5.56 Å². The zero-order valence-electron chi connectivity index (χ0n) is 16.1. The maximum atomic E-state index is 12.3. The second-order valence-electron chi connectivity index (χ2n) is 6.71. The number of rotatable bonds is 7. The molecule has 0 N–H and O–H groups in total. The molecule has 3 rings (SSSR count). The summed E-state index contributed by atoms with van der Waals surface area (Å²) < 4.78 is 33.6. The fraction of sp³-hybridized carbons (Fsp3) is 0.333. The predicted molar refractivity (Wildman–Crippen MR) is 108 cm³/mol. The summed E-state index contributed by atoms with van der Waals surface area (Å²) in [5.41, 5.74) is 1.58. The number of halogens is 3. The van der Waals surface area contributed by atoms with E-state index < -0.39 is 12.6 Å². The van der Waals surface area contributed by atoms with Crippen LogP contribution in [0.3, 0.4) is 0 Å². The first-order valence-electron chi connectivity index (χ1n) is 9.38. The van der Waals surface area contributed by atoms with Gasteiger partial charge in [-0.05, 0) is 35.9 Å². The Morgan fingerprint density at radius 3 is 2.37 bits per heavy atom. The van der Waals surface area contributed by atoms with Crippen LogP contribution in [0.25, 0.3) is 0 Å². The molecular weight excluding hydrogens is 418 g/mol. The molecule has 160 valence electrons. The molecule has 1 aliphatic rings. The summed E-state index contributed by atoms with van der Waals surface area (Å²) in [5.74, 6) is -0.813. The van der Waals surface area contributed by atoms with Crippen molar-refractivity contribution in [1.29, 1.82) is 0 Å². The van der Waals surface area contributed by atoms with E-state index in [0.717, 1.165) is 5.69 Å². The highest BCUT2D eigenvalue weighted by molar-refractivity contribution is 6.30. The number of carbonyl (C=O) groups excluding carboxylic acids is 2. The first-order valence-corrected chi connectivity index (χ1v) is 9.76. The van der Waals surface area contributed by atoms with Gasteiger partial charge in [0.05, 0.1) is 6.42 Å². The predicted octanol–water partition coefficient (Wildman–Crippen LogP) is 3.38. The molecule has 0 radical (unpaired) electrons. The maximum absolute atomic E-state index is 12.3. The molecule has 0 aromatic heterocycles. The molecule has 0 atom stereocenters. The first kappa shape index (κ1) is 21.8. The van der Waals surface area contributed by atoms with Gasteiger partial charge < -0.3 is 19.3 Å². The van der Waals surface area contributed by atoms with Crippen molar-refractivity contribution in [1.82, 2.24) is 4.90 Å². The molecule has 0 bridgehead atoms. The molecule has 2 aromatic carbocycles. The second-order valence-corrected chi connectivity index (χ2v) is 7.14. The standard InChI is InChI=1S/C21H21ClF2N2O4/c22-16-2-1-3-17(13-16)25-8-10-26(11-9-25)19(27)14-29-20(28)12-15-4-6-18(7-5-15)30-21(23)24/h1-7,13,21H,8-12,14H2. The Kier molecular flexibility index (Phi) is 7.46. The minimum atomic E-state index is -2.90. The SMILES string of the molecule is O=C(Cc1ccc(OC(F)F)cc1)OCC(=O)N1CCN(c2cccc(Cl)c2)CC1. The Labute approximate surface area is 177 Å². The number of carbonyl (C=O) groups is 2. The van der Waals surface area contributed by atoms with Crippen molar-refractivity contribution in [2.24, 2.45) is 0 Å². The molecule has 0 aliphatic carbocycles. The number of hydrogen-bond acceptors (Lipinski definition) is 5. The highest BCUT2D eigenvalue weighted by Gasteiger charge is 2.22. The van der Waals surface area contributed by atoms with Gasteiger partial charge in [-0.15, -0.1) is 0 Å². The van der Waals surface area contributed by atoms with Gasteiger partial charge in [-0.1, -0.05) is 29.8 Å². The molecule has 1 fully saturated rings. The highest BCUT2D eigenvalue weighted by Crippen LogP contribution is 2.21. The lowest BCUT2D eigenvalue weighted by Gasteiger charge is -2.36. The molecule has 0 saturated carbocycles. The van der Waals surface area contributed by atoms with Crippen molar-refractivity contribution in [3.05, 3.63) is 59.1 Å². The molecule has 9 heteroatoms. The Balaban J connectivity index is 1.40. The van der Waals surface area contributed by atoms with Gasteiger partial charge in [-0.25, -0.2) is 0 Å². The smallest absolute Gasteiger partial charge is 0.387 e. The van der Waals surface area contributed by atoms with Gasteiger partial charge in [0.2, 0.25) is 0 Å². The summed E-state index contributed by atoms with van der Waals surface area (Å²) in [6.07, 6.45) is -0.0647. The maximum Gasteiger partial charge on any atom is 0.387 e. The number of benzene rings is 2. The van der Waals surface area contributed by atoms with Gasteiger partial charge in [0.15, 0.2) is 6.61 Å². The van der Waals surface area contributed by atoms with Gasteiger partial charge in [0, 0.05) is 36.9 Å². The van der Waals surface area contributed by atoms with Gasteiger partial charge in [0.25, 0.3) is 5.91 Å². The van der Waals surface area contributed by atoms with E-state index in [4.69, 9.17) is 16.3 Å². The van der Waals surface area contributed by atoms with Crippen molar-refractivity contribution in [2.75, 3.05) is 37.7 Å². The molecule has 1 saturated heterocycles. The van der Waals surface area contributed by atoms with E-state index in [1.54, 1.807) is 4.90 Å². The van der Waals surface area contributed by atoms with Gasteiger partial charge in [0.1, 0.15) is 5.75 Å². The summed E-state index contributed by atoms with van der Waals surface area (Å²) >= 11 is 6.02. The fourth-order valence-electron chi connectivity index (χ4n) is 3.13. The summed E-state index contributed by atoms with van der Waals surface area (Å²) in [7, 11) is 0. The van der Waals surface area contributed by atoms with Crippen LogP contribution >= 0.6 is 11.6 Å². The van der Waals surface area contributed by atoms with E-state index in [0.29, 0.717) is 36.8 Å². The fourth-order valence-corrected chi connectivity index (χ4v) is 3.31. The van der Waals surface area contributed by atoms with Gasteiger partial charge in [-0.3, -0.25) is 9.59 Å². The topological polar surface area (TPSA) is 59.1 Å². The van der Waals surface area contributed by atoms with Gasteiger partial charge >= 0.3 is 12.6 Å². The van der Waals surface area contributed by atoms with Gasteiger partial charge in [-0.2, -0.15) is 8.78 Å². The minimum absolute atomic E-state index is 0.00853. The van der Waals surface area contributed by atoms with Crippen molar-refractivity contribution >= 4 is 29.2 Å². The van der Waals surface area contributed by atoms with Crippen LogP contribution in [0.5, 0.6) is 5.75 Å². The third-order valence-corrected chi connectivity index (χ3v) is 4.89. The first-order chi connectivity index (χ1) is 14.4. The monoisotopic (exact) mass is 438 g/mol. The Hall–Kier alpha value is -2.87. The number of esters is 1. The number of nitrogens with zero attached hydrogens (tertiary/aromatic N) is 2. The Bertz CT molecular complexity index is 872. The van der Waals surface area contributed by atoms with E-state index in [1.165, 1.54) is 24.3 Å². The van der Waals surface area contributed by atoms with E-state index in [2.05, 4.69) is 9.64 Å². The van der Waals surface area contributed by atoms with E-state index >= 15 is 0 Å². The number of ether oxygens (including phenoxy) is 2. The number of hydrogen-bond donors (Lipinski definition) is 0. The van der Waals surface area contributed by atoms with Crippen LogP contribution in [-0.2, 0) is 20.7 Å². The van der Waals surface area contributed by atoms with E-state index in [-0.39, 0.29) is 24.7 Å². The zero-order valence-corrected chi connectivity index (χ0v) is 16.9. The van der Waals surface area contributed by atoms with Crippen molar-refractivity contribution < 1.29 is 27.8 Å². The van der Waals surface area contributed by atoms with Crippen LogP contribution < -0.4 is 9.64 Å². The average Bonchev–Trinajstić information content (AvgIpc) is 2.73. The Morgan fingerprint density at radius 1 is 1.03 bits per heavy atom. The summed E-state index contributed by atoms with van der Waals surface area (Å²) in [6, 6.07) is 13.2. The molecule has 1 amide bonds. The van der Waals surface area contributed by atoms with Crippen LogP contribution in [0, 0.1) is 0 Å². The van der Waals surface area contributed by atoms with E-state index in [9.17, 15) is 18.4 Å². The largest absolute Gasteiger partial charge is 0.455 e. The molecule has 1 aliphatic heterocycles. The van der Waals surface area contributed by atoms with Crippen LogP contribution in [-0.4, -0.2) is 56.2 Å². The minimum Gasteiger partial charge on any atom is -0.455 e. The molecule has 0 unspecified atom stereocenters. The molecule has 0 spiro atoms. The normalized spacial score (nSPS) is 14.0. The highest BCUT2D eigenvalue weighted by atomic mass is 35.5. The van der Waals surface area contributed by atoms with Crippen LogP contribution in [0.2, 0.25) is 5.02 Å². The molecule has 30 heavy (non-hydrogen) atoms. The molecule has 6 nitrogen and oxygen atoms in total. The van der Waals surface area contributed by atoms with Crippen LogP contribution in [0.4, 0.5) is 14.5 Å². The van der Waals surface area contributed by atoms with Crippen molar-refractivity contribution in [2.45, 2.75) is 13.0 Å². The summed E-state index contributed by atoms with van der Waals surface area (Å²) in [6.45, 7) is -0.870. The molecule has 1 heterocycles. The lowest BCUT2D eigenvalue weighted by molar-refractivity contribution is -0.151. The van der Waals surface area contributed by atoms with E-state index in [1.807, 2.05) is 24.3 Å². The zero-order chi connectivity index (χ0) is 21.5. The number of anilines is 1. The van der Waals surface area contributed by atoms with Crippen molar-refractivity contribution in [3.8, 4) is 5.75 Å². The third-order valence-electron chi connectivity index (χ3n) is 4.66. The van der Waals surface area contributed by atoms with Crippen molar-refractivity contribution in [3.63, 3.8) is 0 Å². The quantitative estimate of drug-likeness (QED) is 0.620. The lowest BCUT2D eigenvalue weighted by atomic mass is 10.1. The van der Waals surface area contributed by atoms with Crippen LogP contribution in [0.15, 0.2) is 48.5 Å². The third kappa shape index (κ3) is 6.32. The Morgan fingerprint density at radius 2 is 1.73 bits per heavy atom. The lowest BCUT2D eigenvalue weighted by Crippen LogP contribution is -2.50. The molecular formula is C21H21ClF2N2O4. The number of alkyl halides is 2. The molecule has 2 aromatic rings. The summed E-state index contributed by atoms with van der Waals surface area (Å²) in [4.78, 5) is 28.1. The number of amides is 1. The average molecular weight is 439 g/mol. The number of piperazine rings is 1.